The van der Waals surface area contributed by atoms with Gasteiger partial charge in [0, 0.05) is 38.2 Å². The number of amides is 2. The Bertz CT molecular complexity index is 2540. The van der Waals surface area contributed by atoms with Gasteiger partial charge < -0.3 is 9.80 Å². The number of thiophene rings is 1. The predicted octanol–water partition coefficient (Wildman–Crippen LogP) is 24.1. The van der Waals surface area contributed by atoms with Gasteiger partial charge in [0.2, 0.25) is 6.41 Å². The van der Waals surface area contributed by atoms with E-state index in [9.17, 15) is 4.79 Å². The molecule has 0 aliphatic carbocycles. The van der Waals surface area contributed by atoms with Crippen molar-refractivity contribution in [3.63, 3.8) is 0 Å². The van der Waals surface area contributed by atoms with Crippen LogP contribution in [0.15, 0.2) is 71.7 Å². The number of fused-ring (bicyclic) bond motifs is 1. The van der Waals surface area contributed by atoms with Crippen molar-refractivity contribution in [2.45, 2.75) is 331 Å². The third-order valence-corrected chi connectivity index (χ3v) is 21.2. The molecule has 86 heavy (non-hydrogen) atoms. The third kappa shape index (κ3) is 26.6. The number of unbranched alkanes of at least 4 members (excludes halogenated alkanes) is 25. The molecule has 3 aromatic rings. The Kier molecular flexibility index (Phi) is 35.7. The van der Waals surface area contributed by atoms with Crippen LogP contribution in [0.2, 0.25) is 0 Å². The van der Waals surface area contributed by atoms with Crippen molar-refractivity contribution < 1.29 is 9.59 Å². The van der Waals surface area contributed by atoms with Crippen LogP contribution in [-0.4, -0.2) is 25.4 Å². The molecule has 0 radical (unpaired) electrons. The second-order valence-electron chi connectivity index (χ2n) is 28.8. The number of rotatable bonds is 37. The molecular formula is C80H128N2O2S2. The summed E-state index contributed by atoms with van der Waals surface area (Å²) in [5.74, 6) is 0.914. The zero-order valence-corrected chi connectivity index (χ0v) is 58.8. The van der Waals surface area contributed by atoms with Crippen LogP contribution < -0.4 is 20.2 Å². The van der Waals surface area contributed by atoms with Gasteiger partial charge in [-0.15, -0.1) is 24.0 Å². The zero-order chi connectivity index (χ0) is 61.8. The molecule has 1 aromatic heterocycles. The first-order valence-corrected chi connectivity index (χ1v) is 37.7. The van der Waals surface area contributed by atoms with E-state index < -0.39 is 0 Å². The van der Waals surface area contributed by atoms with Crippen molar-refractivity contribution in [3.8, 4) is 10.4 Å². The lowest BCUT2D eigenvalue weighted by atomic mass is 9.86. The summed E-state index contributed by atoms with van der Waals surface area (Å²) in [6, 6.07) is 18.1. The molecule has 0 saturated carbocycles. The van der Waals surface area contributed by atoms with Crippen LogP contribution in [0.1, 0.15) is 336 Å². The first kappa shape index (κ1) is 73.4. The van der Waals surface area contributed by atoms with E-state index in [2.05, 4.69) is 139 Å². The zero-order valence-electron chi connectivity index (χ0n) is 57.1. The van der Waals surface area contributed by atoms with E-state index in [0.29, 0.717) is 18.4 Å². The Hall–Kier alpha value is -3.35. The SMILES string of the molecule is CCCCCCCCCCCCC(CCCCCCCCCC)CN(C=O)c1cc2c3c\c1=C(C)/C(S)=C/C=C/C(C)(C)CCCCCCCCCCC(CCCCCCCCCCCC)CN3C(=O)C=2c1ccc(-c2ccc(C(C)(C)C)cc2)s1. The van der Waals surface area contributed by atoms with E-state index in [0.717, 1.165) is 81.4 Å². The minimum atomic E-state index is 0.0651. The first-order valence-electron chi connectivity index (χ1n) is 36.4. The fraction of sp³-hybridized carbons (Fsp3) is 0.700. The fourth-order valence-electron chi connectivity index (χ4n) is 13.7. The van der Waals surface area contributed by atoms with Crippen LogP contribution in [0, 0.1) is 17.3 Å². The minimum Gasteiger partial charge on any atom is -0.314 e. The van der Waals surface area contributed by atoms with Gasteiger partial charge in [-0.25, -0.2) is 0 Å². The van der Waals surface area contributed by atoms with Gasteiger partial charge in [-0.3, -0.25) is 9.59 Å². The summed E-state index contributed by atoms with van der Waals surface area (Å²) in [7, 11) is 0. The maximum atomic E-state index is 15.9. The highest BCUT2D eigenvalue weighted by Crippen LogP contribution is 2.38. The Balaban J connectivity index is 1.61. The van der Waals surface area contributed by atoms with Crippen LogP contribution in [0.4, 0.5) is 11.4 Å². The molecule has 2 aromatic carbocycles. The molecule has 2 aliphatic heterocycles. The highest BCUT2D eigenvalue weighted by Gasteiger charge is 2.34. The molecular weight excluding hydrogens is 1090 g/mol. The van der Waals surface area contributed by atoms with Crippen LogP contribution in [0.5, 0.6) is 0 Å². The van der Waals surface area contributed by atoms with E-state index in [1.807, 2.05) is 0 Å². The molecule has 2 unspecified atom stereocenters. The normalized spacial score (nSPS) is 18.6. The monoisotopic (exact) mass is 1210 g/mol. The Morgan fingerprint density at radius 3 is 1.64 bits per heavy atom. The number of carbonyl (C=O) groups is 2. The predicted molar refractivity (Wildman–Crippen MR) is 385 cm³/mol. The number of hydrogen-bond donors (Lipinski definition) is 1. The van der Waals surface area contributed by atoms with E-state index in [4.69, 9.17) is 12.6 Å². The molecule has 2 atom stereocenters. The van der Waals surface area contributed by atoms with Crippen molar-refractivity contribution in [2.75, 3.05) is 22.9 Å². The molecule has 2 aliphatic rings. The number of anilines is 2. The van der Waals surface area contributed by atoms with Crippen LogP contribution in [0.3, 0.4) is 0 Å². The summed E-state index contributed by atoms with van der Waals surface area (Å²) < 4.78 is 0. The topological polar surface area (TPSA) is 40.6 Å². The van der Waals surface area contributed by atoms with Gasteiger partial charge in [0.05, 0.1) is 16.9 Å². The van der Waals surface area contributed by atoms with Crippen molar-refractivity contribution >= 4 is 58.8 Å². The smallest absolute Gasteiger partial charge is 0.260 e. The van der Waals surface area contributed by atoms with Gasteiger partial charge in [0.25, 0.3) is 5.91 Å². The van der Waals surface area contributed by atoms with Crippen molar-refractivity contribution in [1.29, 1.82) is 0 Å². The van der Waals surface area contributed by atoms with E-state index in [1.165, 1.54) is 254 Å². The summed E-state index contributed by atoms with van der Waals surface area (Å²) in [4.78, 5) is 37.4. The number of thiol groups is 1. The molecule has 5 rings (SSSR count). The highest BCUT2D eigenvalue weighted by atomic mass is 32.1. The molecule has 0 N–H and O–H groups in total. The summed E-state index contributed by atoms with van der Waals surface area (Å²) in [6.07, 6.45) is 60.9. The van der Waals surface area contributed by atoms with E-state index in [1.54, 1.807) is 11.3 Å². The minimum absolute atomic E-state index is 0.0651. The van der Waals surface area contributed by atoms with Crippen molar-refractivity contribution in [2.24, 2.45) is 17.3 Å². The second kappa shape index (κ2) is 41.9. The summed E-state index contributed by atoms with van der Waals surface area (Å²) in [5.41, 5.74) is 6.37. The number of benzene rings is 2. The lowest BCUT2D eigenvalue weighted by Gasteiger charge is -2.28. The Morgan fingerprint density at radius 2 is 1.12 bits per heavy atom. The molecule has 3 heterocycles. The van der Waals surface area contributed by atoms with Crippen LogP contribution >= 0.6 is 24.0 Å². The van der Waals surface area contributed by atoms with Crippen LogP contribution in [0.25, 0.3) is 21.6 Å². The molecule has 0 saturated heterocycles. The summed E-state index contributed by atoms with van der Waals surface area (Å²) in [5, 5.41) is 1.98. The molecule has 4 nitrogen and oxygen atoms in total. The maximum absolute atomic E-state index is 15.9. The molecule has 0 fully saturated rings. The lowest BCUT2D eigenvalue weighted by Crippen LogP contribution is -2.36. The third-order valence-electron chi connectivity index (χ3n) is 19.5. The molecule has 0 spiro atoms. The molecule has 2 bridgehead atoms. The summed E-state index contributed by atoms with van der Waals surface area (Å²) in [6.45, 7) is 22.1. The highest BCUT2D eigenvalue weighted by molar-refractivity contribution is 7.85. The lowest BCUT2D eigenvalue weighted by molar-refractivity contribution is -0.113. The van der Waals surface area contributed by atoms with Crippen LogP contribution in [-0.2, 0) is 15.0 Å². The molecule has 482 valence electrons. The van der Waals surface area contributed by atoms with Crippen molar-refractivity contribution in [1.82, 2.24) is 0 Å². The average Bonchev–Trinajstić information content (AvgIpc) is 1.60. The van der Waals surface area contributed by atoms with Gasteiger partial charge in [-0.05, 0) is 109 Å². The Morgan fingerprint density at radius 1 is 0.628 bits per heavy atom. The number of hydrogen-bond acceptors (Lipinski definition) is 4. The molecule has 2 amide bonds. The fourth-order valence-corrected chi connectivity index (χ4v) is 15.0. The quantitative estimate of drug-likeness (QED) is 0.0355. The molecule has 6 heteroatoms. The first-order chi connectivity index (χ1) is 41.7. The summed E-state index contributed by atoms with van der Waals surface area (Å²) >= 11 is 7.06. The Labute approximate surface area is 539 Å². The van der Waals surface area contributed by atoms with Gasteiger partial charge in [0.1, 0.15) is 0 Å². The second-order valence-corrected chi connectivity index (χ2v) is 30.3. The van der Waals surface area contributed by atoms with Gasteiger partial charge in [0.15, 0.2) is 0 Å². The van der Waals surface area contributed by atoms with Crippen molar-refractivity contribution in [3.05, 3.63) is 92.5 Å². The van der Waals surface area contributed by atoms with E-state index >= 15 is 4.79 Å². The van der Waals surface area contributed by atoms with Gasteiger partial charge >= 0.3 is 0 Å². The largest absolute Gasteiger partial charge is 0.314 e. The number of nitrogens with zero attached hydrogens (tertiary/aromatic N) is 2. The maximum Gasteiger partial charge on any atom is 0.260 e. The van der Waals surface area contributed by atoms with Gasteiger partial charge in [-0.1, -0.05) is 323 Å². The average molecular weight is 1210 g/mol. The van der Waals surface area contributed by atoms with E-state index in [-0.39, 0.29) is 16.7 Å². The number of allylic oxidation sites excluding steroid dienone is 4. The number of carbonyl (C=O) groups excluding carboxylic acids is 2. The van der Waals surface area contributed by atoms with Gasteiger partial charge in [-0.2, -0.15) is 0 Å². The standard InChI is InChI=1S/C80H128N2O2S2/c1-10-13-16-19-22-25-27-32-37-42-48-66(47-41-36-31-24-21-18-15-12-3)62-81(64-83)72-61-71-73-60-70(72)65(4)74(85)51-46-59-80(8,9)58-45-40-35-30-29-34-39-44-50-67(49-43-38-33-28-26-23-20-17-14-11-2)63-82(73)78(84)77(71)76-57-56-75(86-76)68-52-54-69(55-53-68)79(5,6)7/h46,51-57,59-61,64,66-67,85H,10-45,47-50,58,62-63H2,1-9H3/b59-46+,70-65+,74-51-.